The molecule has 0 saturated carbocycles. The molecule has 5 heteroatoms. The van der Waals surface area contributed by atoms with Gasteiger partial charge in [-0.25, -0.2) is 0 Å². The highest BCUT2D eigenvalue weighted by Crippen LogP contribution is 2.16. The molecule has 1 amide bonds. The van der Waals surface area contributed by atoms with E-state index in [4.69, 9.17) is 4.74 Å². The summed E-state index contributed by atoms with van der Waals surface area (Å²) in [6.45, 7) is 6.76. The number of carbonyl (C=O) groups is 1. The van der Waals surface area contributed by atoms with E-state index in [1.165, 1.54) is 0 Å². The second-order valence-electron chi connectivity index (χ2n) is 4.65. The van der Waals surface area contributed by atoms with Gasteiger partial charge < -0.3 is 20.5 Å². The lowest BCUT2D eigenvalue weighted by atomic mass is 10.2. The molecule has 20 heavy (non-hydrogen) atoms. The highest BCUT2D eigenvalue weighted by Gasteiger charge is 2.13. The number of carbonyl (C=O) groups excluding carboxylic acids is 1. The summed E-state index contributed by atoms with van der Waals surface area (Å²) >= 11 is 0. The van der Waals surface area contributed by atoms with E-state index in [0.717, 1.165) is 12.2 Å². The van der Waals surface area contributed by atoms with Crippen LogP contribution in [0.5, 0.6) is 5.75 Å². The number of anilines is 1. The van der Waals surface area contributed by atoms with Gasteiger partial charge in [-0.05, 0) is 37.7 Å². The van der Waals surface area contributed by atoms with Gasteiger partial charge in [0.05, 0.1) is 0 Å². The molecule has 0 aromatic heterocycles. The summed E-state index contributed by atoms with van der Waals surface area (Å²) < 4.78 is 5.52. The highest BCUT2D eigenvalue weighted by atomic mass is 16.5. The van der Waals surface area contributed by atoms with Crippen LogP contribution in [0.2, 0.25) is 0 Å². The lowest BCUT2D eigenvalue weighted by Crippen LogP contribution is -2.40. The Balaban J connectivity index is 2.43. The lowest BCUT2D eigenvalue weighted by molar-refractivity contribution is -0.115. The van der Waals surface area contributed by atoms with Gasteiger partial charge in [-0.2, -0.15) is 0 Å². The first-order chi connectivity index (χ1) is 9.56. The van der Waals surface area contributed by atoms with Crippen LogP contribution in [0, 0.1) is 0 Å². The number of hydrogen-bond donors (Lipinski definition) is 3. The quantitative estimate of drug-likeness (QED) is 0.679. The fourth-order valence-electron chi connectivity index (χ4n) is 1.67. The summed E-state index contributed by atoms with van der Waals surface area (Å²) in [5, 5.41) is 15.8. The molecule has 0 heterocycles. The largest absolute Gasteiger partial charge is 0.491 e. The van der Waals surface area contributed by atoms with Crippen LogP contribution >= 0.6 is 0 Å². The van der Waals surface area contributed by atoms with Crippen molar-refractivity contribution in [2.24, 2.45) is 0 Å². The Bertz CT molecular complexity index is 406. The number of aliphatic hydroxyl groups is 1. The molecule has 0 unspecified atom stereocenters. The third kappa shape index (κ3) is 5.59. The molecule has 0 spiro atoms. The molecular weight excluding hydrogens is 256 g/mol. The Morgan fingerprint density at radius 1 is 1.30 bits per heavy atom. The predicted molar refractivity (Wildman–Crippen MR) is 80.0 cm³/mol. The minimum absolute atomic E-state index is 0.0110. The topological polar surface area (TPSA) is 70.6 Å². The van der Waals surface area contributed by atoms with Gasteiger partial charge in [0.15, 0.2) is 0 Å². The molecule has 0 bridgehead atoms. The maximum Gasteiger partial charge on any atom is 0.224 e. The Kier molecular flexibility index (Phi) is 7.04. The number of likely N-dealkylation sites (N-methyl/N-ethyl adjacent to an activating group) is 1. The van der Waals surface area contributed by atoms with Gasteiger partial charge >= 0.3 is 0 Å². The second kappa shape index (κ2) is 8.55. The number of hydrogen-bond acceptors (Lipinski definition) is 4. The zero-order valence-corrected chi connectivity index (χ0v) is 12.3. The predicted octanol–water partition coefficient (Wildman–Crippen LogP) is 1.77. The number of nitrogens with one attached hydrogen (secondary N) is 2. The fourth-order valence-corrected chi connectivity index (χ4v) is 1.67. The van der Waals surface area contributed by atoms with Crippen molar-refractivity contribution in [1.82, 2.24) is 5.32 Å². The van der Waals surface area contributed by atoms with Gasteiger partial charge in [-0.15, -0.1) is 0 Å². The highest BCUT2D eigenvalue weighted by molar-refractivity contribution is 5.90. The van der Waals surface area contributed by atoms with Gasteiger partial charge in [-0.3, -0.25) is 4.79 Å². The summed E-state index contributed by atoms with van der Waals surface area (Å²) in [4.78, 5) is 11.2. The molecule has 112 valence electrons. The molecule has 0 radical (unpaired) electrons. The van der Waals surface area contributed by atoms with Crippen LogP contribution in [0.1, 0.15) is 27.2 Å². The molecular formula is C15H24N2O3. The maximum absolute atomic E-state index is 11.2. The van der Waals surface area contributed by atoms with Crippen molar-refractivity contribution in [3.8, 4) is 5.75 Å². The second-order valence-corrected chi connectivity index (χ2v) is 4.65. The van der Waals surface area contributed by atoms with Crippen LogP contribution in [0.3, 0.4) is 0 Å². The SMILES string of the molecule is CCN[C@@H](C)[C@@H](O)COc1ccc(NC(=O)CC)cc1. The Hall–Kier alpha value is -1.59. The zero-order chi connectivity index (χ0) is 15.0. The number of benzene rings is 1. The summed E-state index contributed by atoms with van der Waals surface area (Å²) in [6, 6.07) is 7.10. The van der Waals surface area contributed by atoms with Crippen LogP contribution in [0.25, 0.3) is 0 Å². The monoisotopic (exact) mass is 280 g/mol. The van der Waals surface area contributed by atoms with E-state index >= 15 is 0 Å². The third-order valence-electron chi connectivity index (χ3n) is 2.98. The lowest BCUT2D eigenvalue weighted by Gasteiger charge is -2.19. The number of ether oxygens (including phenoxy) is 1. The van der Waals surface area contributed by atoms with Gasteiger partial charge in [0.25, 0.3) is 0 Å². The van der Waals surface area contributed by atoms with E-state index < -0.39 is 6.10 Å². The van der Waals surface area contributed by atoms with Gasteiger partial charge in [-0.1, -0.05) is 13.8 Å². The minimum atomic E-state index is -0.561. The summed E-state index contributed by atoms with van der Waals surface area (Å²) in [5.74, 6) is 0.649. The first-order valence-corrected chi connectivity index (χ1v) is 7.01. The van der Waals surface area contributed by atoms with Crippen molar-refractivity contribution in [3.63, 3.8) is 0 Å². The normalized spacial score (nSPS) is 13.6. The summed E-state index contributed by atoms with van der Waals surface area (Å²) in [6.07, 6.45) is -0.110. The molecule has 3 N–H and O–H groups in total. The number of rotatable bonds is 8. The van der Waals surface area contributed by atoms with Crippen molar-refractivity contribution in [2.45, 2.75) is 39.3 Å². The van der Waals surface area contributed by atoms with E-state index in [9.17, 15) is 9.90 Å². The van der Waals surface area contributed by atoms with Crippen LogP contribution in [0.4, 0.5) is 5.69 Å². The van der Waals surface area contributed by atoms with Crippen LogP contribution < -0.4 is 15.4 Å². The number of amides is 1. The van der Waals surface area contributed by atoms with Crippen molar-refractivity contribution in [2.75, 3.05) is 18.5 Å². The maximum atomic E-state index is 11.2. The van der Waals surface area contributed by atoms with Crippen LogP contribution in [0.15, 0.2) is 24.3 Å². The Labute approximate surface area is 120 Å². The summed E-state index contributed by atoms with van der Waals surface area (Å²) in [5.41, 5.74) is 0.741. The molecule has 0 fully saturated rings. The van der Waals surface area contributed by atoms with Crippen LogP contribution in [-0.4, -0.2) is 36.3 Å². The van der Waals surface area contributed by atoms with Crippen molar-refractivity contribution < 1.29 is 14.6 Å². The molecule has 5 nitrogen and oxygen atoms in total. The zero-order valence-electron chi connectivity index (χ0n) is 12.3. The van der Waals surface area contributed by atoms with Crippen LogP contribution in [-0.2, 0) is 4.79 Å². The molecule has 1 aromatic rings. The number of aliphatic hydroxyl groups excluding tert-OH is 1. The van der Waals surface area contributed by atoms with E-state index in [1.54, 1.807) is 31.2 Å². The van der Waals surface area contributed by atoms with Gasteiger partial charge in [0.2, 0.25) is 5.91 Å². The van der Waals surface area contributed by atoms with E-state index in [1.807, 2.05) is 13.8 Å². The fraction of sp³-hybridized carbons (Fsp3) is 0.533. The molecule has 1 rings (SSSR count). The molecule has 0 aliphatic heterocycles. The van der Waals surface area contributed by atoms with Crippen molar-refractivity contribution >= 4 is 11.6 Å². The first kappa shape index (κ1) is 16.5. The Morgan fingerprint density at radius 3 is 2.50 bits per heavy atom. The molecule has 2 atom stereocenters. The minimum Gasteiger partial charge on any atom is -0.491 e. The van der Waals surface area contributed by atoms with Gasteiger partial charge in [0.1, 0.15) is 18.5 Å². The van der Waals surface area contributed by atoms with E-state index in [-0.39, 0.29) is 18.6 Å². The van der Waals surface area contributed by atoms with E-state index in [2.05, 4.69) is 10.6 Å². The summed E-state index contributed by atoms with van der Waals surface area (Å²) in [7, 11) is 0. The first-order valence-electron chi connectivity index (χ1n) is 7.01. The average molecular weight is 280 g/mol. The Morgan fingerprint density at radius 2 is 1.95 bits per heavy atom. The molecule has 0 aliphatic carbocycles. The average Bonchev–Trinajstić information content (AvgIpc) is 2.46. The van der Waals surface area contributed by atoms with Gasteiger partial charge in [0, 0.05) is 18.2 Å². The van der Waals surface area contributed by atoms with E-state index in [0.29, 0.717) is 12.2 Å². The molecule has 0 saturated heterocycles. The van der Waals surface area contributed by atoms with Crippen molar-refractivity contribution in [1.29, 1.82) is 0 Å². The standard InChI is InChI=1S/C15H24N2O3/c1-4-15(19)17-12-6-8-13(9-7-12)20-10-14(18)11(3)16-5-2/h6-9,11,14,16,18H,4-5,10H2,1-3H3,(H,17,19)/t11-,14-/m0/s1. The molecule has 0 aliphatic rings. The molecule has 1 aromatic carbocycles. The smallest absolute Gasteiger partial charge is 0.224 e. The van der Waals surface area contributed by atoms with Crippen molar-refractivity contribution in [3.05, 3.63) is 24.3 Å². The third-order valence-corrected chi connectivity index (χ3v) is 2.98.